The summed E-state index contributed by atoms with van der Waals surface area (Å²) in [5, 5.41) is 3.69. The summed E-state index contributed by atoms with van der Waals surface area (Å²) in [6.45, 7) is 4.70. The van der Waals surface area contributed by atoms with Gasteiger partial charge >= 0.3 is 0 Å². The van der Waals surface area contributed by atoms with Crippen LogP contribution < -0.4 is 5.32 Å². The maximum absolute atomic E-state index is 3.69. The van der Waals surface area contributed by atoms with E-state index in [1.807, 2.05) is 0 Å². The van der Waals surface area contributed by atoms with Crippen LogP contribution in [0, 0.1) is 11.8 Å². The number of halogens is 3. The third kappa shape index (κ3) is 4.21. The van der Waals surface area contributed by atoms with Gasteiger partial charge in [-0.05, 0) is 81.5 Å². The van der Waals surface area contributed by atoms with Crippen LogP contribution in [0.25, 0.3) is 0 Å². The quantitative estimate of drug-likeness (QED) is 0.543. The molecule has 0 aromatic heterocycles. The molecule has 1 aliphatic carbocycles. The zero-order valence-electron chi connectivity index (χ0n) is 11.3. The molecule has 0 radical (unpaired) electrons. The van der Waals surface area contributed by atoms with E-state index in [0.717, 1.165) is 25.3 Å². The fourth-order valence-corrected chi connectivity index (χ4v) is 5.30. The van der Waals surface area contributed by atoms with E-state index in [-0.39, 0.29) is 0 Å². The molecule has 0 saturated heterocycles. The lowest BCUT2D eigenvalue weighted by molar-refractivity contribution is 0.267. The minimum Gasteiger partial charge on any atom is -0.380 e. The Balaban J connectivity index is 2.00. The van der Waals surface area contributed by atoms with Crippen LogP contribution >= 0.6 is 47.8 Å². The fourth-order valence-electron chi connectivity index (χ4n) is 2.81. The van der Waals surface area contributed by atoms with Gasteiger partial charge in [0.05, 0.1) is 5.69 Å². The number of rotatable bonds is 3. The standard InChI is InChI=1S/C15H20Br3N/c1-9(2)10-3-5-12(6-4-10)19-15-13(17)7-11(16)8-14(15)18/h7-10,12,19H,3-6H2,1-2H3. The average Bonchev–Trinajstić information content (AvgIpc) is 2.34. The summed E-state index contributed by atoms with van der Waals surface area (Å²) in [6.07, 6.45) is 5.25. The van der Waals surface area contributed by atoms with Crippen molar-refractivity contribution in [1.82, 2.24) is 0 Å². The molecule has 2 rings (SSSR count). The monoisotopic (exact) mass is 451 g/mol. The normalized spacial score (nSPS) is 23.7. The second-order valence-electron chi connectivity index (χ2n) is 5.74. The molecule has 0 spiro atoms. The maximum Gasteiger partial charge on any atom is 0.0631 e. The van der Waals surface area contributed by atoms with Gasteiger partial charge in [-0.1, -0.05) is 29.8 Å². The van der Waals surface area contributed by atoms with Crippen LogP contribution in [0.1, 0.15) is 39.5 Å². The molecular formula is C15H20Br3N. The van der Waals surface area contributed by atoms with Crippen LogP contribution in [0.2, 0.25) is 0 Å². The highest BCUT2D eigenvalue weighted by molar-refractivity contribution is 9.11. The Bertz CT molecular complexity index is 414. The van der Waals surface area contributed by atoms with Crippen molar-refractivity contribution in [3.05, 3.63) is 25.6 Å². The summed E-state index contributed by atoms with van der Waals surface area (Å²) in [5.41, 5.74) is 1.18. The van der Waals surface area contributed by atoms with Crippen molar-refractivity contribution in [2.75, 3.05) is 5.32 Å². The Morgan fingerprint density at radius 2 is 1.53 bits per heavy atom. The lowest BCUT2D eigenvalue weighted by atomic mass is 9.79. The Kier molecular flexibility index (Phi) is 5.79. The lowest BCUT2D eigenvalue weighted by Gasteiger charge is -2.32. The van der Waals surface area contributed by atoms with E-state index in [0.29, 0.717) is 6.04 Å². The Morgan fingerprint density at radius 1 is 1.00 bits per heavy atom. The molecule has 1 nitrogen and oxygen atoms in total. The second kappa shape index (κ2) is 6.95. The van der Waals surface area contributed by atoms with Gasteiger partial charge in [0.15, 0.2) is 0 Å². The molecule has 0 bridgehead atoms. The first-order chi connectivity index (χ1) is 8.97. The highest BCUT2D eigenvalue weighted by atomic mass is 79.9. The molecule has 1 aromatic rings. The molecule has 1 N–H and O–H groups in total. The summed E-state index contributed by atoms with van der Waals surface area (Å²) < 4.78 is 3.31. The van der Waals surface area contributed by atoms with Crippen molar-refractivity contribution in [1.29, 1.82) is 0 Å². The van der Waals surface area contributed by atoms with Crippen LogP contribution in [0.4, 0.5) is 5.69 Å². The zero-order valence-corrected chi connectivity index (χ0v) is 16.1. The summed E-state index contributed by atoms with van der Waals surface area (Å²) in [5.74, 6) is 1.74. The van der Waals surface area contributed by atoms with Gasteiger partial charge in [-0.2, -0.15) is 0 Å². The third-order valence-corrected chi connectivity index (χ3v) is 5.78. The maximum atomic E-state index is 3.69. The average molecular weight is 454 g/mol. The second-order valence-corrected chi connectivity index (χ2v) is 8.37. The fraction of sp³-hybridized carbons (Fsp3) is 0.600. The van der Waals surface area contributed by atoms with Crippen molar-refractivity contribution in [3.63, 3.8) is 0 Å². The van der Waals surface area contributed by atoms with Gasteiger partial charge in [-0.15, -0.1) is 0 Å². The van der Waals surface area contributed by atoms with Gasteiger partial charge in [0.2, 0.25) is 0 Å². The van der Waals surface area contributed by atoms with Gasteiger partial charge in [-0.25, -0.2) is 0 Å². The smallest absolute Gasteiger partial charge is 0.0631 e. The Labute approximate surface area is 141 Å². The Morgan fingerprint density at radius 3 is 2.00 bits per heavy atom. The predicted molar refractivity (Wildman–Crippen MR) is 93.7 cm³/mol. The summed E-state index contributed by atoms with van der Waals surface area (Å²) >= 11 is 10.8. The van der Waals surface area contributed by atoms with Crippen LogP contribution in [-0.4, -0.2) is 6.04 Å². The highest BCUT2D eigenvalue weighted by Gasteiger charge is 2.23. The molecule has 4 heteroatoms. The van der Waals surface area contributed by atoms with E-state index >= 15 is 0 Å². The molecular weight excluding hydrogens is 434 g/mol. The van der Waals surface area contributed by atoms with Gasteiger partial charge in [0.25, 0.3) is 0 Å². The summed E-state index contributed by atoms with van der Waals surface area (Å²) in [7, 11) is 0. The molecule has 0 atom stereocenters. The van der Waals surface area contributed by atoms with E-state index in [1.165, 1.54) is 31.4 Å². The van der Waals surface area contributed by atoms with Crippen molar-refractivity contribution in [3.8, 4) is 0 Å². The molecule has 1 aliphatic rings. The molecule has 0 aliphatic heterocycles. The molecule has 0 unspecified atom stereocenters. The van der Waals surface area contributed by atoms with Crippen molar-refractivity contribution in [2.45, 2.75) is 45.6 Å². The molecule has 106 valence electrons. The molecule has 1 saturated carbocycles. The van der Waals surface area contributed by atoms with E-state index in [2.05, 4.69) is 79.1 Å². The molecule has 19 heavy (non-hydrogen) atoms. The van der Waals surface area contributed by atoms with Gasteiger partial charge in [0.1, 0.15) is 0 Å². The van der Waals surface area contributed by atoms with Crippen molar-refractivity contribution < 1.29 is 0 Å². The number of hydrogen-bond donors (Lipinski definition) is 1. The molecule has 1 fully saturated rings. The first-order valence-corrected chi connectivity index (χ1v) is 9.26. The number of nitrogens with one attached hydrogen (secondary N) is 1. The minimum absolute atomic E-state index is 0.601. The van der Waals surface area contributed by atoms with Crippen LogP contribution in [0.3, 0.4) is 0 Å². The van der Waals surface area contributed by atoms with E-state index in [4.69, 9.17) is 0 Å². The van der Waals surface area contributed by atoms with Gasteiger partial charge < -0.3 is 5.32 Å². The molecule has 0 amide bonds. The van der Waals surface area contributed by atoms with E-state index < -0.39 is 0 Å². The molecule has 0 heterocycles. The third-order valence-electron chi connectivity index (χ3n) is 4.07. The Hall–Kier alpha value is 0.460. The summed E-state index contributed by atoms with van der Waals surface area (Å²) in [4.78, 5) is 0. The largest absolute Gasteiger partial charge is 0.380 e. The van der Waals surface area contributed by atoms with Gasteiger partial charge in [0, 0.05) is 19.5 Å². The molecule has 1 aromatic carbocycles. The van der Waals surface area contributed by atoms with Crippen molar-refractivity contribution in [2.24, 2.45) is 11.8 Å². The SMILES string of the molecule is CC(C)C1CCC(Nc2c(Br)cc(Br)cc2Br)CC1. The number of benzene rings is 1. The zero-order chi connectivity index (χ0) is 14.0. The summed E-state index contributed by atoms with van der Waals surface area (Å²) in [6, 6.07) is 4.78. The number of hydrogen-bond acceptors (Lipinski definition) is 1. The van der Waals surface area contributed by atoms with Crippen LogP contribution in [0.15, 0.2) is 25.6 Å². The highest BCUT2D eigenvalue weighted by Crippen LogP contribution is 2.37. The number of anilines is 1. The van der Waals surface area contributed by atoms with Crippen molar-refractivity contribution >= 4 is 53.5 Å². The first kappa shape index (κ1) is 15.8. The van der Waals surface area contributed by atoms with Crippen LogP contribution in [0.5, 0.6) is 0 Å². The lowest BCUT2D eigenvalue weighted by Crippen LogP contribution is -2.28. The topological polar surface area (TPSA) is 12.0 Å². The van der Waals surface area contributed by atoms with E-state index in [9.17, 15) is 0 Å². The van der Waals surface area contributed by atoms with Gasteiger partial charge in [-0.3, -0.25) is 0 Å². The predicted octanol–water partition coefficient (Wildman–Crippen LogP) is 6.60. The van der Waals surface area contributed by atoms with Crippen LogP contribution in [-0.2, 0) is 0 Å². The minimum atomic E-state index is 0.601. The first-order valence-electron chi connectivity index (χ1n) is 6.88. The van der Waals surface area contributed by atoms with E-state index in [1.54, 1.807) is 0 Å².